The minimum Gasteiger partial charge on any atom is -0.453 e. The first-order valence-electron chi connectivity index (χ1n) is 9.55. The van der Waals surface area contributed by atoms with E-state index in [0.29, 0.717) is 16.8 Å². The molecule has 0 radical (unpaired) electrons. The maximum Gasteiger partial charge on any atom is 0.307 e. The molecule has 0 aromatic heterocycles. The van der Waals surface area contributed by atoms with Gasteiger partial charge in [0, 0.05) is 17.7 Å². The van der Waals surface area contributed by atoms with Gasteiger partial charge in [0.25, 0.3) is 5.91 Å². The van der Waals surface area contributed by atoms with Crippen LogP contribution < -0.4 is 5.32 Å². The van der Waals surface area contributed by atoms with Gasteiger partial charge in [0.2, 0.25) is 0 Å². The van der Waals surface area contributed by atoms with Crippen molar-refractivity contribution in [3.05, 3.63) is 65.2 Å². The molecule has 0 spiro atoms. The molecule has 6 heteroatoms. The fraction of sp³-hybridized carbons (Fsp3) is 0.304. The van der Waals surface area contributed by atoms with Gasteiger partial charge in [-0.25, -0.2) is 0 Å². The number of hydrogen-bond donors (Lipinski definition) is 1. The molecule has 2 rings (SSSR count). The Hall–Kier alpha value is -3.46. The van der Waals surface area contributed by atoms with Crippen molar-refractivity contribution in [3.63, 3.8) is 0 Å². The van der Waals surface area contributed by atoms with Crippen molar-refractivity contribution >= 4 is 23.3 Å². The van der Waals surface area contributed by atoms with Gasteiger partial charge in [0.1, 0.15) is 0 Å². The van der Waals surface area contributed by atoms with E-state index in [1.54, 1.807) is 30.3 Å². The normalized spacial score (nSPS) is 11.2. The first kappa shape index (κ1) is 21.8. The van der Waals surface area contributed by atoms with Crippen LogP contribution in [-0.4, -0.2) is 23.8 Å². The second kappa shape index (κ2) is 10.8. The summed E-state index contributed by atoms with van der Waals surface area (Å²) in [6, 6.07) is 15.8. The van der Waals surface area contributed by atoms with Crippen molar-refractivity contribution in [1.29, 1.82) is 5.26 Å². The lowest BCUT2D eigenvalue weighted by atomic mass is 10.0. The molecule has 0 fully saturated rings. The smallest absolute Gasteiger partial charge is 0.307 e. The van der Waals surface area contributed by atoms with Crippen LogP contribution in [0, 0.1) is 11.3 Å². The average molecular weight is 392 g/mol. The lowest BCUT2D eigenvalue weighted by molar-refractivity contribution is -0.153. The first-order valence-corrected chi connectivity index (χ1v) is 9.55. The van der Waals surface area contributed by atoms with Crippen molar-refractivity contribution in [2.75, 3.05) is 5.32 Å². The quantitative estimate of drug-likeness (QED) is 0.513. The number of ketones is 1. The molecule has 1 atom stereocenters. The van der Waals surface area contributed by atoms with Gasteiger partial charge in [-0.2, -0.15) is 5.26 Å². The minimum atomic E-state index is -1.02. The van der Waals surface area contributed by atoms with Crippen molar-refractivity contribution in [1.82, 2.24) is 0 Å². The summed E-state index contributed by atoms with van der Waals surface area (Å²) in [6.07, 6.45) is 0.898. The summed E-state index contributed by atoms with van der Waals surface area (Å²) in [5, 5.41) is 11.5. The molecular formula is C23H24N2O4. The molecule has 0 aliphatic heterocycles. The number of benzene rings is 2. The number of esters is 1. The maximum absolute atomic E-state index is 12.2. The van der Waals surface area contributed by atoms with Gasteiger partial charge in [-0.3, -0.25) is 14.4 Å². The highest BCUT2D eigenvalue weighted by atomic mass is 16.5. The SMILES string of the molecule is CCCc1ccc(C(=O)CCC(=O)O[C@H](C)C(=O)Nc2cccc(C#N)c2)cc1. The summed E-state index contributed by atoms with van der Waals surface area (Å²) in [7, 11) is 0. The van der Waals surface area contributed by atoms with Crippen molar-refractivity contribution in [2.24, 2.45) is 0 Å². The Labute approximate surface area is 170 Å². The summed E-state index contributed by atoms with van der Waals surface area (Å²) in [6.45, 7) is 3.55. The van der Waals surface area contributed by atoms with Crippen LogP contribution in [0.3, 0.4) is 0 Å². The number of anilines is 1. The lowest BCUT2D eigenvalue weighted by Crippen LogP contribution is -2.30. The zero-order chi connectivity index (χ0) is 21.2. The highest BCUT2D eigenvalue weighted by molar-refractivity contribution is 5.98. The van der Waals surface area contributed by atoms with Crippen molar-refractivity contribution in [3.8, 4) is 6.07 Å². The van der Waals surface area contributed by atoms with E-state index in [1.807, 2.05) is 18.2 Å². The number of Topliss-reactive ketones (excluding diaryl/α,β-unsaturated/α-hetero) is 1. The van der Waals surface area contributed by atoms with E-state index in [1.165, 1.54) is 18.6 Å². The Balaban J connectivity index is 1.80. The Kier molecular flexibility index (Phi) is 8.11. The number of carbonyl (C=O) groups excluding carboxylic acids is 3. The van der Waals surface area contributed by atoms with E-state index in [-0.39, 0.29) is 18.6 Å². The summed E-state index contributed by atoms with van der Waals surface area (Å²) in [4.78, 5) is 36.4. The molecule has 1 N–H and O–H groups in total. The molecule has 2 aromatic carbocycles. The number of nitrogens with zero attached hydrogens (tertiary/aromatic N) is 1. The predicted molar refractivity (Wildman–Crippen MR) is 109 cm³/mol. The molecule has 29 heavy (non-hydrogen) atoms. The van der Waals surface area contributed by atoms with Gasteiger partial charge in [-0.05, 0) is 37.1 Å². The third kappa shape index (κ3) is 6.89. The van der Waals surface area contributed by atoms with Crippen LogP contribution in [0.4, 0.5) is 5.69 Å². The number of rotatable bonds is 9. The van der Waals surface area contributed by atoms with E-state index in [2.05, 4.69) is 12.2 Å². The largest absolute Gasteiger partial charge is 0.453 e. The van der Waals surface area contributed by atoms with Crippen LogP contribution in [0.25, 0.3) is 0 Å². The predicted octanol–water partition coefficient (Wildman–Crippen LogP) is 4.04. The fourth-order valence-corrected chi connectivity index (χ4v) is 2.73. The highest BCUT2D eigenvalue weighted by Gasteiger charge is 2.19. The Morgan fingerprint density at radius 1 is 1.10 bits per heavy atom. The second-order valence-corrected chi connectivity index (χ2v) is 6.68. The number of ether oxygens (including phenoxy) is 1. The zero-order valence-electron chi connectivity index (χ0n) is 16.6. The van der Waals surface area contributed by atoms with Gasteiger partial charge in [-0.1, -0.05) is 43.7 Å². The Morgan fingerprint density at radius 3 is 2.48 bits per heavy atom. The standard InChI is InChI=1S/C23H24N2O4/c1-3-5-17-8-10-19(11-9-17)21(26)12-13-22(27)29-16(2)23(28)25-20-7-4-6-18(14-20)15-24/h4,6-11,14,16H,3,5,12-13H2,1-2H3,(H,25,28)/t16-/m1/s1. The van der Waals surface area contributed by atoms with Crippen LogP contribution in [0.1, 0.15) is 54.6 Å². The van der Waals surface area contributed by atoms with Crippen LogP contribution in [0.5, 0.6) is 0 Å². The van der Waals surface area contributed by atoms with Crippen LogP contribution in [0.15, 0.2) is 48.5 Å². The van der Waals surface area contributed by atoms with Gasteiger partial charge in [0.05, 0.1) is 18.1 Å². The number of hydrogen-bond acceptors (Lipinski definition) is 5. The van der Waals surface area contributed by atoms with Gasteiger partial charge in [0.15, 0.2) is 11.9 Å². The van der Waals surface area contributed by atoms with Crippen LogP contribution in [-0.2, 0) is 20.7 Å². The highest BCUT2D eigenvalue weighted by Crippen LogP contribution is 2.12. The molecule has 0 saturated heterocycles. The summed E-state index contributed by atoms with van der Waals surface area (Å²) >= 11 is 0. The molecule has 0 heterocycles. The van der Waals surface area contributed by atoms with Crippen LogP contribution in [0.2, 0.25) is 0 Å². The lowest BCUT2D eigenvalue weighted by Gasteiger charge is -2.13. The Bertz CT molecular complexity index is 913. The summed E-state index contributed by atoms with van der Waals surface area (Å²) in [5.41, 5.74) is 2.58. The van der Waals surface area contributed by atoms with E-state index >= 15 is 0 Å². The molecular weight excluding hydrogens is 368 g/mol. The van der Waals surface area contributed by atoms with Crippen molar-refractivity contribution in [2.45, 2.75) is 45.6 Å². The zero-order valence-corrected chi connectivity index (χ0v) is 16.6. The van der Waals surface area contributed by atoms with Gasteiger partial charge >= 0.3 is 5.97 Å². The topological polar surface area (TPSA) is 96.3 Å². The van der Waals surface area contributed by atoms with E-state index in [9.17, 15) is 14.4 Å². The van der Waals surface area contributed by atoms with Gasteiger partial charge in [-0.15, -0.1) is 0 Å². The molecule has 0 aliphatic rings. The van der Waals surface area contributed by atoms with E-state index < -0.39 is 18.0 Å². The number of nitriles is 1. The number of nitrogens with one attached hydrogen (secondary N) is 1. The summed E-state index contributed by atoms with van der Waals surface area (Å²) < 4.78 is 5.11. The van der Waals surface area contributed by atoms with E-state index in [0.717, 1.165) is 12.8 Å². The Morgan fingerprint density at radius 2 is 1.83 bits per heavy atom. The average Bonchev–Trinajstić information content (AvgIpc) is 2.72. The number of carbonyl (C=O) groups is 3. The molecule has 2 aromatic rings. The minimum absolute atomic E-state index is 0.0184. The third-order valence-electron chi connectivity index (χ3n) is 4.31. The molecule has 150 valence electrons. The fourth-order valence-electron chi connectivity index (χ4n) is 2.73. The molecule has 0 aliphatic carbocycles. The van der Waals surface area contributed by atoms with Crippen molar-refractivity contribution < 1.29 is 19.1 Å². The molecule has 0 unspecified atom stereocenters. The first-order chi connectivity index (χ1) is 13.9. The monoisotopic (exact) mass is 392 g/mol. The molecule has 6 nitrogen and oxygen atoms in total. The number of aryl methyl sites for hydroxylation is 1. The van der Waals surface area contributed by atoms with Gasteiger partial charge < -0.3 is 10.1 Å². The molecule has 0 saturated carbocycles. The third-order valence-corrected chi connectivity index (χ3v) is 4.31. The summed E-state index contributed by atoms with van der Waals surface area (Å²) in [5.74, 6) is -1.27. The second-order valence-electron chi connectivity index (χ2n) is 6.68. The molecule has 0 bridgehead atoms. The number of amides is 1. The van der Waals surface area contributed by atoms with Crippen LogP contribution >= 0.6 is 0 Å². The van der Waals surface area contributed by atoms with E-state index in [4.69, 9.17) is 10.00 Å². The maximum atomic E-state index is 12.2. The molecule has 1 amide bonds.